The Bertz CT molecular complexity index is 208. The summed E-state index contributed by atoms with van der Waals surface area (Å²) >= 11 is 1.24. The Morgan fingerprint density at radius 2 is 1.55 bits per heavy atom. The molecule has 0 fully saturated rings. The summed E-state index contributed by atoms with van der Waals surface area (Å²) in [7, 11) is 4.11. The van der Waals surface area contributed by atoms with E-state index in [-0.39, 0.29) is 17.0 Å². The van der Waals surface area contributed by atoms with Crippen LogP contribution in [0.25, 0.3) is 0 Å². The summed E-state index contributed by atoms with van der Waals surface area (Å²) in [5, 5.41) is 0. The van der Waals surface area contributed by atoms with E-state index in [1.165, 1.54) is 28.1 Å². The number of halogens is 1. The molecule has 0 heterocycles. The molecular weight excluding hydrogens is 255 g/mol. The molecule has 0 amide bonds. The number of hydrogen-bond acceptors (Lipinski definition) is 1. The van der Waals surface area contributed by atoms with Crippen molar-refractivity contribution < 1.29 is 35.3 Å². The van der Waals surface area contributed by atoms with Gasteiger partial charge in [-0.1, -0.05) is 0 Å². The molecule has 0 aromatic heterocycles. The van der Waals surface area contributed by atoms with Gasteiger partial charge in [-0.2, -0.15) is 0 Å². The van der Waals surface area contributed by atoms with Gasteiger partial charge in [-0.15, -0.1) is 0 Å². The van der Waals surface area contributed by atoms with Gasteiger partial charge in [-0.05, 0) is 0 Å². The van der Waals surface area contributed by atoms with Crippen molar-refractivity contribution >= 4 is 9.85 Å². The van der Waals surface area contributed by atoms with Crippen LogP contribution in [0.5, 0.6) is 0 Å². The third-order valence-electron chi connectivity index (χ3n) is 1.45. The second-order valence-electron chi connectivity index (χ2n) is 2.56. The van der Waals surface area contributed by atoms with Crippen molar-refractivity contribution in [2.24, 2.45) is 0 Å². The fraction of sp³-hybridized carbons (Fsp3) is 0.250. The Labute approximate surface area is 88.2 Å². The van der Waals surface area contributed by atoms with Crippen molar-refractivity contribution in [3.8, 4) is 0 Å². The molecular formula is C8H10BrNZn. The van der Waals surface area contributed by atoms with Gasteiger partial charge in [0.15, 0.2) is 0 Å². The largest absolute Gasteiger partial charge is 1.00 e. The molecule has 3 heteroatoms. The number of nitrogens with zero attached hydrogens (tertiary/aromatic N) is 1. The minimum atomic E-state index is 0. The maximum absolute atomic E-state index is 2.18. The molecule has 0 saturated carbocycles. The van der Waals surface area contributed by atoms with Crippen molar-refractivity contribution in [3.05, 3.63) is 24.3 Å². The van der Waals surface area contributed by atoms with Crippen molar-refractivity contribution in [2.75, 3.05) is 19.0 Å². The third kappa shape index (κ3) is 3.35. The maximum Gasteiger partial charge on any atom is -1.00 e. The number of benzene rings is 1. The standard InChI is InChI=1S/C8H10N.BrH.Zn/c1-9(2)8-6-4-3-5-7-8;;/h4-7H,1-2H3;1H;/q;;+1/p-1. The van der Waals surface area contributed by atoms with Crippen molar-refractivity contribution in [1.82, 2.24) is 0 Å². The normalized spacial score (nSPS) is 8.73. The first-order valence-electron chi connectivity index (χ1n) is 3.29. The second kappa shape index (κ2) is 4.89. The molecule has 0 spiro atoms. The summed E-state index contributed by atoms with van der Waals surface area (Å²) in [6, 6.07) is 8.66. The van der Waals surface area contributed by atoms with Gasteiger partial charge in [0.1, 0.15) is 0 Å². The molecule has 1 rings (SSSR count). The van der Waals surface area contributed by atoms with Gasteiger partial charge in [-0.3, -0.25) is 0 Å². The minimum Gasteiger partial charge on any atom is -1.00 e. The van der Waals surface area contributed by atoms with Crippen molar-refractivity contribution in [2.45, 2.75) is 0 Å². The number of anilines is 1. The van der Waals surface area contributed by atoms with Crippen LogP contribution in [-0.2, 0) is 18.3 Å². The molecule has 0 bridgehead atoms. The molecule has 0 radical (unpaired) electrons. The zero-order valence-corrected chi connectivity index (χ0v) is 11.4. The quantitative estimate of drug-likeness (QED) is 0.527. The van der Waals surface area contributed by atoms with E-state index in [0.717, 1.165) is 0 Å². The average Bonchev–Trinajstić information content (AvgIpc) is 1.88. The maximum atomic E-state index is 2.18. The predicted octanol–water partition coefficient (Wildman–Crippen LogP) is -2.07. The van der Waals surface area contributed by atoms with Crippen LogP contribution in [0.15, 0.2) is 24.3 Å². The molecule has 1 nitrogen and oxygen atoms in total. The van der Waals surface area contributed by atoms with Gasteiger partial charge in [-0.25, -0.2) is 0 Å². The van der Waals surface area contributed by atoms with Gasteiger partial charge < -0.3 is 17.0 Å². The van der Waals surface area contributed by atoms with Crippen LogP contribution in [0.2, 0.25) is 0 Å². The van der Waals surface area contributed by atoms with E-state index < -0.39 is 0 Å². The van der Waals surface area contributed by atoms with E-state index in [4.69, 9.17) is 0 Å². The molecule has 0 atom stereocenters. The van der Waals surface area contributed by atoms with Crippen molar-refractivity contribution in [1.29, 1.82) is 0 Å². The molecule has 11 heavy (non-hydrogen) atoms. The minimum absolute atomic E-state index is 0. The Morgan fingerprint density at radius 3 is 1.91 bits per heavy atom. The van der Waals surface area contributed by atoms with Crippen LogP contribution in [0, 0.1) is 0 Å². The summed E-state index contributed by atoms with van der Waals surface area (Å²) in [5.41, 5.74) is 1.28. The SMILES string of the molecule is CN(C)c1cc[c]([Zn+])cc1.[Br-]. The summed E-state index contributed by atoms with van der Waals surface area (Å²) in [4.78, 5) is 2.11. The first-order valence-corrected chi connectivity index (χ1v) is 4.78. The topological polar surface area (TPSA) is 3.24 Å². The number of rotatable bonds is 1. The smallest absolute Gasteiger partial charge is 1.00 e. The van der Waals surface area contributed by atoms with E-state index in [1.807, 2.05) is 0 Å². The van der Waals surface area contributed by atoms with Crippen LogP contribution in [-0.4, -0.2) is 14.1 Å². The van der Waals surface area contributed by atoms with E-state index in [0.29, 0.717) is 0 Å². The van der Waals surface area contributed by atoms with Crippen LogP contribution in [0.3, 0.4) is 0 Å². The van der Waals surface area contributed by atoms with Gasteiger partial charge in [0.05, 0.1) is 0 Å². The van der Waals surface area contributed by atoms with Gasteiger partial charge in [0.25, 0.3) is 0 Å². The molecule has 56 valence electrons. The van der Waals surface area contributed by atoms with E-state index in [1.54, 1.807) is 0 Å². The monoisotopic (exact) mass is 263 g/mol. The van der Waals surface area contributed by atoms with E-state index in [9.17, 15) is 0 Å². The summed E-state index contributed by atoms with van der Waals surface area (Å²) in [5.74, 6) is 0. The molecule has 0 aliphatic heterocycles. The summed E-state index contributed by atoms with van der Waals surface area (Å²) in [6.45, 7) is 0. The van der Waals surface area contributed by atoms with Gasteiger partial charge >= 0.3 is 71.4 Å². The molecule has 0 aliphatic carbocycles. The molecule has 0 unspecified atom stereocenters. The first-order chi connectivity index (χ1) is 4.70. The summed E-state index contributed by atoms with van der Waals surface area (Å²) < 4.78 is 1.44. The Morgan fingerprint density at radius 1 is 1.09 bits per heavy atom. The zero-order chi connectivity index (χ0) is 7.56. The Kier molecular flexibility index (Phi) is 4.95. The second-order valence-corrected chi connectivity index (χ2v) is 4.27. The molecule has 0 saturated heterocycles. The van der Waals surface area contributed by atoms with E-state index in [2.05, 4.69) is 43.3 Å². The van der Waals surface area contributed by atoms with Crippen LogP contribution < -0.4 is 26.0 Å². The van der Waals surface area contributed by atoms with Crippen LogP contribution in [0.1, 0.15) is 0 Å². The number of hydrogen-bond donors (Lipinski definition) is 0. The zero-order valence-electron chi connectivity index (χ0n) is 6.84. The molecule has 1 aromatic rings. The average molecular weight is 265 g/mol. The molecule has 0 aliphatic rings. The van der Waals surface area contributed by atoms with Gasteiger partial charge in [0.2, 0.25) is 0 Å². The van der Waals surface area contributed by atoms with Crippen LogP contribution in [0.4, 0.5) is 5.69 Å². The fourth-order valence-electron chi connectivity index (χ4n) is 0.794. The van der Waals surface area contributed by atoms with Crippen LogP contribution >= 0.6 is 0 Å². The molecule has 1 aromatic carbocycles. The van der Waals surface area contributed by atoms with E-state index >= 15 is 0 Å². The first kappa shape index (κ1) is 11.1. The Balaban J connectivity index is 0.000001000. The summed E-state index contributed by atoms with van der Waals surface area (Å²) in [6.07, 6.45) is 0. The third-order valence-corrected chi connectivity index (χ3v) is 2.44. The van der Waals surface area contributed by atoms with Gasteiger partial charge in [0, 0.05) is 0 Å². The molecule has 0 N–H and O–H groups in total. The van der Waals surface area contributed by atoms with Crippen molar-refractivity contribution in [3.63, 3.8) is 0 Å². The Hall–Kier alpha value is 0.123. The predicted molar refractivity (Wildman–Crippen MR) is 40.4 cm³/mol. The fourth-order valence-corrected chi connectivity index (χ4v) is 1.29.